The average Bonchev–Trinajstić information content (AvgIpc) is 2.48. The van der Waals surface area contributed by atoms with E-state index in [2.05, 4.69) is 26.5 Å². The number of nitro groups is 1. The van der Waals surface area contributed by atoms with E-state index in [1.807, 2.05) is 0 Å². The standard InChI is InChI=1S/C14H8BrCl2N3O3/c15-10-3-1-2-8(4-10)14(21)19-18-7-9-5-13(20(22)23)12(17)6-11(9)16/h1-7H,(H,19,21). The van der Waals surface area contributed by atoms with Gasteiger partial charge in [-0.05, 0) is 24.3 Å². The number of halogens is 3. The number of hydrazone groups is 1. The zero-order valence-corrected chi connectivity index (χ0v) is 14.4. The highest BCUT2D eigenvalue weighted by molar-refractivity contribution is 9.10. The second kappa shape index (κ2) is 7.54. The van der Waals surface area contributed by atoms with Crippen molar-refractivity contribution in [2.45, 2.75) is 0 Å². The number of carbonyl (C=O) groups excluding carboxylic acids is 1. The lowest BCUT2D eigenvalue weighted by Gasteiger charge is -2.02. The first-order valence-electron chi connectivity index (χ1n) is 6.11. The minimum Gasteiger partial charge on any atom is -0.267 e. The molecule has 2 aromatic carbocycles. The molecule has 0 bridgehead atoms. The summed E-state index contributed by atoms with van der Waals surface area (Å²) in [5.74, 6) is -0.429. The number of carbonyl (C=O) groups is 1. The summed E-state index contributed by atoms with van der Waals surface area (Å²) in [5.41, 5.74) is 2.69. The fourth-order valence-corrected chi connectivity index (χ4v) is 2.55. The maximum atomic E-state index is 11.9. The number of rotatable bonds is 4. The molecule has 2 rings (SSSR count). The Morgan fingerprint density at radius 1 is 1.26 bits per heavy atom. The van der Waals surface area contributed by atoms with Gasteiger partial charge in [0.25, 0.3) is 11.6 Å². The lowest BCUT2D eigenvalue weighted by Crippen LogP contribution is -2.17. The minimum absolute atomic E-state index is 0.0738. The van der Waals surface area contributed by atoms with E-state index in [0.717, 1.165) is 4.47 Å². The number of nitrogens with one attached hydrogen (secondary N) is 1. The van der Waals surface area contributed by atoms with Gasteiger partial charge in [-0.25, -0.2) is 5.43 Å². The van der Waals surface area contributed by atoms with E-state index in [9.17, 15) is 14.9 Å². The first kappa shape index (κ1) is 17.4. The highest BCUT2D eigenvalue weighted by Gasteiger charge is 2.15. The summed E-state index contributed by atoms with van der Waals surface area (Å²) < 4.78 is 0.755. The molecule has 0 saturated heterocycles. The summed E-state index contributed by atoms with van der Waals surface area (Å²) in [5, 5.41) is 14.7. The summed E-state index contributed by atoms with van der Waals surface area (Å²) >= 11 is 14.9. The van der Waals surface area contributed by atoms with Gasteiger partial charge in [0.05, 0.1) is 16.2 Å². The van der Waals surface area contributed by atoms with Crippen molar-refractivity contribution in [1.29, 1.82) is 0 Å². The molecule has 9 heteroatoms. The van der Waals surface area contributed by atoms with Crippen molar-refractivity contribution >= 4 is 56.9 Å². The molecule has 0 fully saturated rings. The molecule has 23 heavy (non-hydrogen) atoms. The maximum Gasteiger partial charge on any atom is 0.288 e. The second-order valence-electron chi connectivity index (χ2n) is 4.29. The van der Waals surface area contributed by atoms with E-state index in [1.165, 1.54) is 18.3 Å². The van der Waals surface area contributed by atoms with Crippen LogP contribution in [-0.4, -0.2) is 17.0 Å². The molecule has 118 valence electrons. The van der Waals surface area contributed by atoms with Crippen molar-refractivity contribution in [1.82, 2.24) is 5.43 Å². The maximum absolute atomic E-state index is 11.9. The molecule has 6 nitrogen and oxygen atoms in total. The molecule has 2 aromatic rings. The predicted molar refractivity (Wildman–Crippen MR) is 92.3 cm³/mol. The van der Waals surface area contributed by atoms with E-state index in [-0.39, 0.29) is 21.3 Å². The number of benzene rings is 2. The second-order valence-corrected chi connectivity index (χ2v) is 6.02. The quantitative estimate of drug-likeness (QED) is 0.454. The Balaban J connectivity index is 2.16. The Labute approximate surface area is 149 Å². The van der Waals surface area contributed by atoms with Gasteiger partial charge in [-0.3, -0.25) is 14.9 Å². The molecule has 0 aliphatic rings. The fourth-order valence-electron chi connectivity index (χ4n) is 1.65. The molecule has 0 aromatic heterocycles. The molecule has 0 radical (unpaired) electrons. The monoisotopic (exact) mass is 415 g/mol. The molecule has 1 N–H and O–H groups in total. The molecular weight excluding hydrogens is 409 g/mol. The molecule has 0 spiro atoms. The molecule has 0 aliphatic heterocycles. The third-order valence-electron chi connectivity index (χ3n) is 2.72. The third-order valence-corrected chi connectivity index (χ3v) is 3.84. The zero-order chi connectivity index (χ0) is 17.0. The van der Waals surface area contributed by atoms with Gasteiger partial charge in [0, 0.05) is 21.7 Å². The first-order chi connectivity index (χ1) is 10.9. The van der Waals surface area contributed by atoms with Crippen molar-refractivity contribution in [2.24, 2.45) is 5.10 Å². The molecule has 0 saturated carbocycles. The minimum atomic E-state index is -0.629. The van der Waals surface area contributed by atoms with Crippen molar-refractivity contribution in [3.8, 4) is 0 Å². The van der Waals surface area contributed by atoms with E-state index < -0.39 is 10.8 Å². The molecule has 0 atom stereocenters. The van der Waals surface area contributed by atoms with Gasteiger partial charge in [-0.1, -0.05) is 45.2 Å². The van der Waals surface area contributed by atoms with Crippen LogP contribution in [0, 0.1) is 10.1 Å². The van der Waals surface area contributed by atoms with Crippen LogP contribution in [0.5, 0.6) is 0 Å². The Hall–Kier alpha value is -1.96. The van der Waals surface area contributed by atoms with Crippen molar-refractivity contribution in [2.75, 3.05) is 0 Å². The Morgan fingerprint density at radius 2 is 2.00 bits per heavy atom. The van der Waals surface area contributed by atoms with Gasteiger partial charge >= 0.3 is 0 Å². The van der Waals surface area contributed by atoms with Gasteiger partial charge in [0.15, 0.2) is 0 Å². The smallest absolute Gasteiger partial charge is 0.267 e. The van der Waals surface area contributed by atoms with Crippen molar-refractivity contribution in [3.05, 3.63) is 72.2 Å². The summed E-state index contributed by atoms with van der Waals surface area (Å²) in [7, 11) is 0. The average molecular weight is 417 g/mol. The number of hydrogen-bond donors (Lipinski definition) is 1. The van der Waals surface area contributed by atoms with Crippen molar-refractivity contribution in [3.63, 3.8) is 0 Å². The van der Waals surface area contributed by atoms with Crippen LogP contribution >= 0.6 is 39.1 Å². The molecule has 1 amide bonds. The zero-order valence-electron chi connectivity index (χ0n) is 11.3. The summed E-state index contributed by atoms with van der Waals surface area (Å²) in [6.45, 7) is 0. The van der Waals surface area contributed by atoms with Crippen LogP contribution in [0.3, 0.4) is 0 Å². The SMILES string of the molecule is O=C(NN=Cc1cc([N+](=O)[O-])c(Cl)cc1Cl)c1cccc(Br)c1. The van der Waals surface area contributed by atoms with Crippen LogP contribution in [-0.2, 0) is 0 Å². The van der Waals surface area contributed by atoms with Crippen LogP contribution in [0.2, 0.25) is 10.0 Å². The largest absolute Gasteiger partial charge is 0.288 e. The van der Waals surface area contributed by atoms with Crippen LogP contribution in [0.4, 0.5) is 5.69 Å². The third kappa shape index (κ3) is 4.51. The van der Waals surface area contributed by atoms with E-state index in [4.69, 9.17) is 23.2 Å². The molecular formula is C14H8BrCl2N3O3. The Bertz CT molecular complexity index is 812. The van der Waals surface area contributed by atoms with E-state index in [0.29, 0.717) is 5.56 Å². The van der Waals surface area contributed by atoms with Gasteiger partial charge in [-0.15, -0.1) is 0 Å². The van der Waals surface area contributed by atoms with Crippen LogP contribution in [0.15, 0.2) is 46.0 Å². The summed E-state index contributed by atoms with van der Waals surface area (Å²) in [6.07, 6.45) is 1.21. The number of nitrogens with zero attached hydrogens (tertiary/aromatic N) is 2. The van der Waals surface area contributed by atoms with E-state index in [1.54, 1.807) is 24.3 Å². The number of hydrogen-bond acceptors (Lipinski definition) is 4. The van der Waals surface area contributed by atoms with Gasteiger partial charge in [-0.2, -0.15) is 5.10 Å². The number of nitro benzene ring substituents is 1. The summed E-state index contributed by atoms with van der Waals surface area (Å²) in [6, 6.07) is 9.17. The lowest BCUT2D eigenvalue weighted by atomic mass is 10.2. The number of amides is 1. The van der Waals surface area contributed by atoms with Gasteiger partial charge in [0.2, 0.25) is 0 Å². The molecule has 0 aliphatic carbocycles. The van der Waals surface area contributed by atoms with Gasteiger partial charge in [0.1, 0.15) is 5.02 Å². The van der Waals surface area contributed by atoms with Crippen LogP contribution < -0.4 is 5.43 Å². The first-order valence-corrected chi connectivity index (χ1v) is 7.66. The lowest BCUT2D eigenvalue weighted by molar-refractivity contribution is -0.384. The summed E-state index contributed by atoms with van der Waals surface area (Å²) in [4.78, 5) is 22.1. The highest BCUT2D eigenvalue weighted by Crippen LogP contribution is 2.29. The van der Waals surface area contributed by atoms with Crippen LogP contribution in [0.1, 0.15) is 15.9 Å². The Morgan fingerprint density at radius 3 is 2.65 bits per heavy atom. The highest BCUT2D eigenvalue weighted by atomic mass is 79.9. The fraction of sp³-hybridized carbons (Fsp3) is 0. The predicted octanol–water partition coefficient (Wildman–Crippen LogP) is 4.43. The normalized spacial score (nSPS) is 10.7. The molecule has 0 heterocycles. The van der Waals surface area contributed by atoms with Crippen molar-refractivity contribution < 1.29 is 9.72 Å². The Kier molecular flexibility index (Phi) is 5.70. The topological polar surface area (TPSA) is 84.6 Å². The van der Waals surface area contributed by atoms with Crippen LogP contribution in [0.25, 0.3) is 0 Å². The molecule has 0 unspecified atom stereocenters. The van der Waals surface area contributed by atoms with E-state index >= 15 is 0 Å². The van der Waals surface area contributed by atoms with Gasteiger partial charge < -0.3 is 0 Å².